The van der Waals surface area contributed by atoms with Crippen molar-refractivity contribution in [3.8, 4) is 0 Å². The number of ether oxygens (including phenoxy) is 1. The van der Waals surface area contributed by atoms with Crippen molar-refractivity contribution >= 4 is 32.4 Å². The van der Waals surface area contributed by atoms with Gasteiger partial charge in [-0.1, -0.05) is 6.42 Å². The molecule has 13 heteroatoms. The first-order valence-corrected chi connectivity index (χ1v) is 12.3. The van der Waals surface area contributed by atoms with E-state index in [0.29, 0.717) is 17.0 Å². The van der Waals surface area contributed by atoms with Crippen molar-refractivity contribution in [3.05, 3.63) is 12.7 Å². The van der Waals surface area contributed by atoms with Crippen LogP contribution in [0.5, 0.6) is 0 Å². The molecule has 2 saturated heterocycles. The Hall–Kier alpha value is -1.40. The van der Waals surface area contributed by atoms with Crippen molar-refractivity contribution in [2.24, 2.45) is 5.73 Å². The van der Waals surface area contributed by atoms with Gasteiger partial charge in [0.15, 0.2) is 0 Å². The second-order valence-electron chi connectivity index (χ2n) is 7.52. The van der Waals surface area contributed by atoms with E-state index in [9.17, 15) is 10.00 Å². The minimum absolute atomic E-state index is 0.177. The Labute approximate surface area is 169 Å². The number of anilines is 1. The van der Waals surface area contributed by atoms with Crippen molar-refractivity contribution in [2.45, 2.75) is 50.2 Å². The maximum absolute atomic E-state index is 10.8. The molecule has 2 aromatic heterocycles. The molecular formula is C16H28BN6O5P. The molecule has 0 radical (unpaired) electrons. The fourth-order valence-corrected chi connectivity index (χ4v) is 5.09. The minimum atomic E-state index is -3.23. The Morgan fingerprint density at radius 3 is 2.93 bits per heavy atom. The molecule has 0 bridgehead atoms. The first-order valence-electron chi connectivity index (χ1n) is 9.99. The molecule has 4 heterocycles. The molecule has 4 atom stereocenters. The maximum atomic E-state index is 10.8. The number of hydrogen-bond acceptors (Lipinski definition) is 10. The van der Waals surface area contributed by atoms with E-state index < -0.39 is 32.4 Å². The third-order valence-electron chi connectivity index (χ3n) is 5.24. The van der Waals surface area contributed by atoms with E-state index >= 15 is 0 Å². The summed E-state index contributed by atoms with van der Waals surface area (Å²) >= 11 is 0. The number of unbranched alkanes of at least 4 members (excludes halogenated alkanes) is 3. The van der Waals surface area contributed by atoms with Crippen molar-refractivity contribution in [1.82, 2.24) is 19.5 Å². The molecular weight excluding hydrogens is 398 g/mol. The normalized spacial score (nSPS) is 29.6. The van der Waals surface area contributed by atoms with E-state index in [1.165, 1.54) is 13.9 Å². The zero-order valence-corrected chi connectivity index (χ0v) is 17.4. The van der Waals surface area contributed by atoms with Crippen molar-refractivity contribution in [3.63, 3.8) is 0 Å². The molecule has 1 unspecified atom stereocenters. The van der Waals surface area contributed by atoms with Gasteiger partial charge in [0.2, 0.25) is 0 Å². The van der Waals surface area contributed by atoms with Gasteiger partial charge in [-0.15, -0.1) is 0 Å². The Balaban J connectivity index is 1.47. The van der Waals surface area contributed by atoms with Crippen LogP contribution in [-0.2, 0) is 13.8 Å². The monoisotopic (exact) mass is 426 g/mol. The second kappa shape index (κ2) is 8.77. The van der Waals surface area contributed by atoms with Gasteiger partial charge in [0.05, 0.1) is 0 Å². The van der Waals surface area contributed by atoms with Crippen LogP contribution in [0.25, 0.3) is 11.2 Å². The van der Waals surface area contributed by atoms with Crippen LogP contribution in [-0.4, -0.2) is 75.1 Å². The molecule has 4 rings (SSSR count). The van der Waals surface area contributed by atoms with Crippen LogP contribution in [0.4, 0.5) is 5.82 Å². The molecule has 5 N–H and O–H groups in total. The summed E-state index contributed by atoms with van der Waals surface area (Å²) in [5.74, 6) is 0.646. The predicted octanol–water partition coefficient (Wildman–Crippen LogP) is -0.534. The molecule has 29 heavy (non-hydrogen) atoms. The number of nitrogens with one attached hydrogen (secondary N) is 1. The predicted molar refractivity (Wildman–Crippen MR) is 111 cm³/mol. The molecule has 2 fully saturated rings. The standard InChI is InChI=1S/C16H28BN6O5P/c17-29(25)26-7-10-13(28-29)12(24)16(27-10)23-9-22-11-14(20-8-21-15(11)23)19-6-4-2-1-3-5-18/h8-10,12-13,16,24-25,29H,1-7,17-18H2,(H,19,20,21)/t10-,12+,13?,16-/m1/s1. The molecule has 0 saturated carbocycles. The van der Waals surface area contributed by atoms with Gasteiger partial charge in [-0.25, -0.2) is 0 Å². The topological polar surface area (TPSA) is 150 Å². The van der Waals surface area contributed by atoms with Gasteiger partial charge < -0.3 is 5.73 Å². The summed E-state index contributed by atoms with van der Waals surface area (Å²) in [7, 11) is -1.71. The molecule has 11 nitrogen and oxygen atoms in total. The van der Waals surface area contributed by atoms with Crippen LogP contribution < -0.4 is 11.1 Å². The van der Waals surface area contributed by atoms with Gasteiger partial charge in [-0.3, -0.25) is 0 Å². The van der Waals surface area contributed by atoms with E-state index in [4.69, 9.17) is 19.5 Å². The van der Waals surface area contributed by atoms with Crippen LogP contribution in [0, 0.1) is 0 Å². The molecule has 2 aromatic rings. The Kier molecular flexibility index (Phi) is 6.31. The number of imidazole rings is 1. The number of fused-ring (bicyclic) bond motifs is 2. The van der Waals surface area contributed by atoms with E-state index in [-0.39, 0.29) is 6.61 Å². The quantitative estimate of drug-likeness (QED) is 0.246. The molecule has 160 valence electrons. The third-order valence-corrected chi connectivity index (χ3v) is 6.65. The van der Waals surface area contributed by atoms with Gasteiger partial charge in [-0.2, -0.15) is 0 Å². The number of nitrogens with zero attached hydrogens (tertiary/aromatic N) is 4. The second-order valence-corrected chi connectivity index (χ2v) is 9.84. The van der Waals surface area contributed by atoms with Crippen molar-refractivity contribution < 1.29 is 23.8 Å². The molecule has 0 spiro atoms. The van der Waals surface area contributed by atoms with E-state index in [2.05, 4.69) is 20.3 Å². The van der Waals surface area contributed by atoms with Crippen LogP contribution in [0.3, 0.4) is 0 Å². The van der Waals surface area contributed by atoms with E-state index in [0.717, 1.165) is 38.8 Å². The van der Waals surface area contributed by atoms with Gasteiger partial charge >= 0.3 is 144 Å². The van der Waals surface area contributed by atoms with Crippen molar-refractivity contribution in [2.75, 3.05) is 25.0 Å². The SMILES string of the molecule is B[PH]1(O)OC[C@H]2O[C@@H](n3cnc4c(NCCCCCCN)ncnc43)[C@@H](O)C2O1. The number of aliphatic hydroxyl groups excluding tert-OH is 1. The summed E-state index contributed by atoms with van der Waals surface area (Å²) < 4.78 is 18.5. The molecule has 0 amide bonds. The van der Waals surface area contributed by atoms with Gasteiger partial charge in [-0.05, 0) is 13.0 Å². The van der Waals surface area contributed by atoms with Crippen LogP contribution in [0.1, 0.15) is 31.9 Å². The summed E-state index contributed by atoms with van der Waals surface area (Å²) in [6.45, 7) is 1.68. The Morgan fingerprint density at radius 1 is 1.28 bits per heavy atom. The molecule has 2 aliphatic heterocycles. The number of rotatable bonds is 8. The summed E-state index contributed by atoms with van der Waals surface area (Å²) in [6, 6.07) is 0. The summed E-state index contributed by atoms with van der Waals surface area (Å²) in [4.78, 5) is 23.1. The molecule has 2 aliphatic rings. The van der Waals surface area contributed by atoms with Crippen molar-refractivity contribution in [1.29, 1.82) is 0 Å². The Morgan fingerprint density at radius 2 is 2.10 bits per heavy atom. The first kappa shape index (κ1) is 20.9. The van der Waals surface area contributed by atoms with E-state index in [1.807, 2.05) is 0 Å². The van der Waals surface area contributed by atoms with Crippen LogP contribution >= 0.6 is 7.82 Å². The fraction of sp³-hybridized carbons (Fsp3) is 0.688. The molecule has 0 aromatic carbocycles. The third kappa shape index (κ3) is 4.39. The Bertz CT molecular complexity index is 841. The van der Waals surface area contributed by atoms with Crippen LogP contribution in [0.15, 0.2) is 12.7 Å². The van der Waals surface area contributed by atoms with Gasteiger partial charge in [0.1, 0.15) is 0 Å². The van der Waals surface area contributed by atoms with Gasteiger partial charge in [0, 0.05) is 0 Å². The zero-order valence-electron chi connectivity index (χ0n) is 16.4. The van der Waals surface area contributed by atoms with E-state index in [1.54, 1.807) is 10.9 Å². The fourth-order valence-electron chi connectivity index (χ4n) is 3.75. The summed E-state index contributed by atoms with van der Waals surface area (Å²) in [5.41, 5.74) is 6.68. The number of aliphatic hydroxyl groups is 1. The van der Waals surface area contributed by atoms with Crippen LogP contribution in [0.2, 0.25) is 0 Å². The average molecular weight is 426 g/mol. The summed E-state index contributed by atoms with van der Waals surface area (Å²) in [6.07, 6.45) is 4.49. The first-order chi connectivity index (χ1) is 14.0. The number of aromatic nitrogens is 4. The molecule has 0 aliphatic carbocycles. The number of hydrogen-bond donors (Lipinski definition) is 4. The zero-order chi connectivity index (χ0) is 20.4. The summed E-state index contributed by atoms with van der Waals surface area (Å²) in [5, 5.41) is 14.1. The van der Waals surface area contributed by atoms with Gasteiger partial charge in [0.25, 0.3) is 0 Å². The average Bonchev–Trinajstić information content (AvgIpc) is 3.26. The number of nitrogens with two attached hydrogens (primary N) is 1.